The number of methoxy groups -OCH3 is 4. The Morgan fingerprint density at radius 2 is 1.89 bits per heavy atom. The normalized spacial score (nSPS) is 20.0. The number of fused-ring (bicyclic) bond motifs is 3. The fourth-order valence-electron chi connectivity index (χ4n) is 5.06. The summed E-state index contributed by atoms with van der Waals surface area (Å²) in [5.41, 5.74) is 1.92. The molecule has 0 radical (unpaired) electrons. The number of hydrogen-bond donors (Lipinski definition) is 3. The third kappa shape index (κ3) is 3.36. The number of carbonyl (C=O) groups excluding carboxylic acids is 3. The van der Waals surface area contributed by atoms with Gasteiger partial charge in [0.1, 0.15) is 5.69 Å². The Kier molecular flexibility index (Phi) is 5.31. The number of rotatable bonds is 7. The van der Waals surface area contributed by atoms with Crippen LogP contribution in [0.5, 0.6) is 17.2 Å². The summed E-state index contributed by atoms with van der Waals surface area (Å²) in [7, 11) is 5.88. The Labute approximate surface area is 200 Å². The van der Waals surface area contributed by atoms with E-state index >= 15 is 0 Å². The van der Waals surface area contributed by atoms with Crippen LogP contribution in [-0.2, 0) is 10.2 Å². The summed E-state index contributed by atoms with van der Waals surface area (Å²) >= 11 is 0. The van der Waals surface area contributed by atoms with Crippen molar-refractivity contribution in [2.24, 2.45) is 5.92 Å². The molecule has 1 aromatic carbocycles. The molecule has 35 heavy (non-hydrogen) atoms. The highest BCUT2D eigenvalue weighted by atomic mass is 16.5. The van der Waals surface area contributed by atoms with Gasteiger partial charge in [0.05, 0.1) is 45.2 Å². The van der Waals surface area contributed by atoms with Crippen LogP contribution in [0.3, 0.4) is 0 Å². The van der Waals surface area contributed by atoms with Crippen LogP contribution in [0.1, 0.15) is 43.3 Å². The van der Waals surface area contributed by atoms with Crippen LogP contribution >= 0.6 is 0 Å². The van der Waals surface area contributed by atoms with Gasteiger partial charge in [0, 0.05) is 35.2 Å². The largest absolute Gasteiger partial charge is 0.493 e. The van der Waals surface area contributed by atoms with Crippen molar-refractivity contribution >= 4 is 28.6 Å². The van der Waals surface area contributed by atoms with Crippen molar-refractivity contribution in [3.05, 3.63) is 53.0 Å². The number of allylic oxidation sites excluding steroid dienone is 2. The number of benzene rings is 1. The number of aromatic amines is 2. The first kappa shape index (κ1) is 22.6. The number of aromatic nitrogens is 2. The second kappa shape index (κ2) is 8.23. The Morgan fingerprint density at radius 3 is 2.57 bits per heavy atom. The molecule has 3 N–H and O–H groups in total. The number of amides is 1. The SMILES string of the molecule is COC(=O)c1c[nH]c2c1C1(C=CC2=O)CC1CNC(=O)c1cc2c(OC)c(OC)c(OC)cc2[nH]1. The maximum Gasteiger partial charge on any atom is 0.339 e. The number of hydrogen-bond acceptors (Lipinski definition) is 7. The number of carbonyl (C=O) groups is 3. The number of ether oxygens (including phenoxy) is 4. The van der Waals surface area contributed by atoms with E-state index in [0.717, 1.165) is 0 Å². The first-order valence-corrected chi connectivity index (χ1v) is 11.0. The van der Waals surface area contributed by atoms with Crippen molar-refractivity contribution in [1.82, 2.24) is 15.3 Å². The molecule has 10 heteroatoms. The number of ketones is 1. The van der Waals surface area contributed by atoms with Gasteiger partial charge in [-0.1, -0.05) is 6.08 Å². The van der Waals surface area contributed by atoms with Crippen molar-refractivity contribution in [3.8, 4) is 17.2 Å². The molecule has 0 aliphatic heterocycles. The van der Waals surface area contributed by atoms with Gasteiger partial charge in [0.2, 0.25) is 11.5 Å². The summed E-state index contributed by atoms with van der Waals surface area (Å²) in [5, 5.41) is 3.65. The maximum atomic E-state index is 13.0. The Bertz CT molecular complexity index is 1400. The molecule has 2 unspecified atom stereocenters. The van der Waals surface area contributed by atoms with Crippen molar-refractivity contribution in [2.75, 3.05) is 35.0 Å². The van der Waals surface area contributed by atoms with Gasteiger partial charge in [-0.3, -0.25) is 9.59 Å². The van der Waals surface area contributed by atoms with Gasteiger partial charge in [-0.15, -0.1) is 0 Å². The molecule has 1 spiro atoms. The first-order valence-electron chi connectivity index (χ1n) is 11.0. The van der Waals surface area contributed by atoms with E-state index < -0.39 is 11.4 Å². The van der Waals surface area contributed by atoms with E-state index in [1.54, 1.807) is 12.1 Å². The number of nitrogens with one attached hydrogen (secondary N) is 3. The van der Waals surface area contributed by atoms with Gasteiger partial charge >= 0.3 is 5.97 Å². The van der Waals surface area contributed by atoms with Crippen molar-refractivity contribution < 1.29 is 33.3 Å². The third-order valence-corrected chi connectivity index (χ3v) is 6.86. The smallest absolute Gasteiger partial charge is 0.339 e. The van der Waals surface area contributed by atoms with E-state index in [1.807, 2.05) is 6.08 Å². The zero-order valence-corrected chi connectivity index (χ0v) is 19.7. The maximum absolute atomic E-state index is 13.0. The predicted octanol–water partition coefficient (Wildman–Crippen LogP) is 2.75. The van der Waals surface area contributed by atoms with Gasteiger partial charge in [-0.2, -0.15) is 0 Å². The fourth-order valence-corrected chi connectivity index (χ4v) is 5.06. The molecular formula is C25H25N3O7. The molecule has 182 valence electrons. The van der Waals surface area contributed by atoms with E-state index in [-0.39, 0.29) is 17.6 Å². The highest BCUT2D eigenvalue weighted by Gasteiger charge is 2.58. The molecule has 2 aliphatic carbocycles. The Morgan fingerprint density at radius 1 is 1.11 bits per heavy atom. The minimum atomic E-state index is -0.502. The molecule has 1 amide bonds. The highest BCUT2D eigenvalue weighted by Crippen LogP contribution is 2.58. The molecule has 5 rings (SSSR count). The van der Waals surface area contributed by atoms with Crippen LogP contribution in [0.15, 0.2) is 30.5 Å². The summed E-state index contributed by atoms with van der Waals surface area (Å²) in [4.78, 5) is 43.6. The van der Waals surface area contributed by atoms with E-state index in [1.165, 1.54) is 40.7 Å². The summed E-state index contributed by atoms with van der Waals surface area (Å²) in [5.74, 6) is 0.426. The van der Waals surface area contributed by atoms with Crippen LogP contribution in [0.4, 0.5) is 0 Å². The van der Waals surface area contributed by atoms with Crippen LogP contribution < -0.4 is 19.5 Å². The topological polar surface area (TPSA) is 132 Å². The highest BCUT2D eigenvalue weighted by molar-refractivity contribution is 6.09. The molecule has 2 atom stereocenters. The second-order valence-electron chi connectivity index (χ2n) is 8.58. The van der Waals surface area contributed by atoms with E-state index in [4.69, 9.17) is 18.9 Å². The quantitative estimate of drug-likeness (QED) is 0.444. The van der Waals surface area contributed by atoms with E-state index in [0.29, 0.717) is 63.6 Å². The lowest BCUT2D eigenvalue weighted by Gasteiger charge is -2.19. The lowest BCUT2D eigenvalue weighted by molar-refractivity contribution is 0.0599. The molecule has 1 fully saturated rings. The van der Waals surface area contributed by atoms with Crippen LogP contribution in [-0.4, -0.2) is 62.6 Å². The molecule has 2 aromatic heterocycles. The van der Waals surface area contributed by atoms with Gasteiger partial charge < -0.3 is 34.2 Å². The summed E-state index contributed by atoms with van der Waals surface area (Å²) < 4.78 is 21.2. The number of H-pyrrole nitrogens is 2. The summed E-state index contributed by atoms with van der Waals surface area (Å²) in [6, 6.07) is 3.45. The van der Waals surface area contributed by atoms with Crippen molar-refractivity contribution in [3.63, 3.8) is 0 Å². The molecular weight excluding hydrogens is 454 g/mol. The zero-order chi connectivity index (χ0) is 24.9. The van der Waals surface area contributed by atoms with Crippen LogP contribution in [0.25, 0.3) is 10.9 Å². The van der Waals surface area contributed by atoms with E-state index in [2.05, 4.69) is 15.3 Å². The lowest BCUT2D eigenvalue weighted by Crippen LogP contribution is -2.29. The average molecular weight is 479 g/mol. The first-order chi connectivity index (χ1) is 16.9. The van der Waals surface area contributed by atoms with E-state index in [9.17, 15) is 14.4 Å². The average Bonchev–Trinajstić information content (AvgIpc) is 3.19. The molecule has 2 aliphatic rings. The molecule has 0 bridgehead atoms. The predicted molar refractivity (Wildman–Crippen MR) is 126 cm³/mol. The molecule has 1 saturated carbocycles. The molecule has 3 aromatic rings. The standard InChI is InChI=1S/C25H25N3O7/c1-32-18-8-15-13(21(33-2)22(18)34-3)7-16(28-15)23(30)27-10-12-9-25(12)6-5-17(29)20-19(25)14(11-26-20)24(31)35-4/h5-8,11-12,26,28H,9-10H2,1-4H3,(H,27,30). The Hall–Kier alpha value is -4.21. The van der Waals surface area contributed by atoms with Gasteiger partial charge in [0.25, 0.3) is 5.91 Å². The second-order valence-corrected chi connectivity index (χ2v) is 8.58. The van der Waals surface area contributed by atoms with Crippen molar-refractivity contribution in [1.29, 1.82) is 0 Å². The van der Waals surface area contributed by atoms with Crippen LogP contribution in [0, 0.1) is 5.92 Å². The van der Waals surface area contributed by atoms with Gasteiger partial charge in [0.15, 0.2) is 11.5 Å². The van der Waals surface area contributed by atoms with Crippen LogP contribution in [0.2, 0.25) is 0 Å². The zero-order valence-electron chi connectivity index (χ0n) is 19.7. The number of esters is 1. The monoisotopic (exact) mass is 479 g/mol. The molecule has 0 saturated heterocycles. The minimum Gasteiger partial charge on any atom is -0.493 e. The minimum absolute atomic E-state index is 0.0212. The summed E-state index contributed by atoms with van der Waals surface area (Å²) in [6.45, 7) is 0.363. The Balaban J connectivity index is 1.37. The molecule has 2 heterocycles. The molecule has 10 nitrogen and oxygen atoms in total. The third-order valence-electron chi connectivity index (χ3n) is 6.86. The van der Waals surface area contributed by atoms with Crippen molar-refractivity contribution in [2.45, 2.75) is 11.8 Å². The van der Waals surface area contributed by atoms with Gasteiger partial charge in [-0.05, 0) is 24.5 Å². The summed E-state index contributed by atoms with van der Waals surface area (Å²) in [6.07, 6.45) is 5.56. The lowest BCUT2D eigenvalue weighted by atomic mass is 9.84. The fraction of sp³-hybridized carbons (Fsp3) is 0.320. The van der Waals surface area contributed by atoms with Gasteiger partial charge in [-0.25, -0.2) is 4.79 Å².